The van der Waals surface area contributed by atoms with Crippen molar-refractivity contribution < 1.29 is 14.3 Å². The van der Waals surface area contributed by atoms with Gasteiger partial charge >= 0.3 is 6.03 Å². The summed E-state index contributed by atoms with van der Waals surface area (Å²) in [6.45, 7) is 6.39. The standard InChI is InChI=1S/C17H26N2O3/c1-4-5-6-9-22-16-10-14(7-8-15(16)21-3)19-12-13(2)11-18-17(19)20/h7-8,10,13H,4-6,9,11-12H2,1-3H3,(H,18,20). The number of hydrogen-bond donors (Lipinski definition) is 1. The molecule has 22 heavy (non-hydrogen) atoms. The fourth-order valence-corrected chi connectivity index (χ4v) is 2.52. The monoisotopic (exact) mass is 306 g/mol. The number of urea groups is 1. The molecule has 122 valence electrons. The largest absolute Gasteiger partial charge is 0.493 e. The summed E-state index contributed by atoms with van der Waals surface area (Å²) < 4.78 is 11.2. The average Bonchev–Trinajstić information content (AvgIpc) is 2.53. The lowest BCUT2D eigenvalue weighted by atomic mass is 10.1. The van der Waals surface area contributed by atoms with Crippen LogP contribution in [0.15, 0.2) is 18.2 Å². The first-order chi connectivity index (χ1) is 10.7. The molecule has 1 unspecified atom stereocenters. The van der Waals surface area contributed by atoms with E-state index in [4.69, 9.17) is 9.47 Å². The lowest BCUT2D eigenvalue weighted by Gasteiger charge is -2.31. The fourth-order valence-electron chi connectivity index (χ4n) is 2.52. The van der Waals surface area contributed by atoms with E-state index in [9.17, 15) is 4.79 Å². The number of amides is 2. The number of hydrogen-bond acceptors (Lipinski definition) is 3. The van der Waals surface area contributed by atoms with Gasteiger partial charge in [-0.1, -0.05) is 26.7 Å². The molecule has 5 heteroatoms. The third-order valence-electron chi connectivity index (χ3n) is 3.81. The van der Waals surface area contributed by atoms with E-state index in [0.717, 1.165) is 31.5 Å². The second kappa shape index (κ2) is 7.92. The Balaban J connectivity index is 2.13. The highest BCUT2D eigenvalue weighted by Gasteiger charge is 2.24. The van der Waals surface area contributed by atoms with Crippen LogP contribution >= 0.6 is 0 Å². The first-order valence-electron chi connectivity index (χ1n) is 8.02. The third-order valence-corrected chi connectivity index (χ3v) is 3.81. The molecule has 0 aliphatic carbocycles. The molecular formula is C17H26N2O3. The Morgan fingerprint density at radius 1 is 1.32 bits per heavy atom. The fraction of sp³-hybridized carbons (Fsp3) is 0.588. The predicted octanol–water partition coefficient (Wildman–Crippen LogP) is 3.43. The van der Waals surface area contributed by atoms with Crippen LogP contribution in [-0.2, 0) is 0 Å². The summed E-state index contributed by atoms with van der Waals surface area (Å²) in [5.41, 5.74) is 0.843. The van der Waals surface area contributed by atoms with Crippen LogP contribution in [0.1, 0.15) is 33.1 Å². The number of anilines is 1. The van der Waals surface area contributed by atoms with Crippen molar-refractivity contribution >= 4 is 11.7 Å². The topological polar surface area (TPSA) is 50.8 Å². The normalized spacial score (nSPS) is 18.0. The van der Waals surface area contributed by atoms with Gasteiger partial charge in [-0.3, -0.25) is 4.90 Å². The van der Waals surface area contributed by atoms with E-state index in [-0.39, 0.29) is 6.03 Å². The minimum absolute atomic E-state index is 0.0554. The van der Waals surface area contributed by atoms with E-state index in [1.165, 1.54) is 0 Å². The van der Waals surface area contributed by atoms with Crippen molar-refractivity contribution in [3.05, 3.63) is 18.2 Å². The number of nitrogens with one attached hydrogen (secondary N) is 1. The number of carbonyl (C=O) groups excluding carboxylic acids is 1. The summed E-state index contributed by atoms with van der Waals surface area (Å²) in [7, 11) is 1.63. The van der Waals surface area contributed by atoms with Crippen molar-refractivity contribution in [3.8, 4) is 11.5 Å². The van der Waals surface area contributed by atoms with Gasteiger partial charge < -0.3 is 14.8 Å². The van der Waals surface area contributed by atoms with Gasteiger partial charge in [-0.05, 0) is 24.5 Å². The number of carbonyl (C=O) groups is 1. The number of nitrogens with zero attached hydrogens (tertiary/aromatic N) is 1. The Bertz CT molecular complexity index is 505. The first kappa shape index (κ1) is 16.5. The molecule has 0 spiro atoms. The molecule has 0 saturated carbocycles. The molecule has 5 nitrogen and oxygen atoms in total. The van der Waals surface area contributed by atoms with E-state index in [2.05, 4.69) is 19.2 Å². The molecule has 0 aromatic heterocycles. The van der Waals surface area contributed by atoms with Gasteiger partial charge in [0.25, 0.3) is 0 Å². The van der Waals surface area contributed by atoms with Gasteiger partial charge in [0.1, 0.15) is 0 Å². The molecule has 1 fully saturated rings. The Labute approximate surface area is 132 Å². The summed E-state index contributed by atoms with van der Waals surface area (Å²) in [4.78, 5) is 13.8. The van der Waals surface area contributed by atoms with Crippen LogP contribution in [-0.4, -0.2) is 32.8 Å². The van der Waals surface area contributed by atoms with E-state index < -0.39 is 0 Å². The summed E-state index contributed by atoms with van der Waals surface area (Å²) in [6.07, 6.45) is 3.32. The van der Waals surface area contributed by atoms with Gasteiger partial charge in [0.05, 0.1) is 13.7 Å². The molecule has 1 atom stereocenters. The lowest BCUT2D eigenvalue weighted by molar-refractivity contribution is 0.238. The molecule has 1 aliphatic heterocycles. The molecule has 2 rings (SSSR count). The molecular weight excluding hydrogens is 280 g/mol. The molecule has 2 amide bonds. The number of unbranched alkanes of at least 4 members (excludes halogenated alkanes) is 2. The molecule has 1 aromatic rings. The van der Waals surface area contributed by atoms with Gasteiger partial charge in [-0.25, -0.2) is 4.79 Å². The lowest BCUT2D eigenvalue weighted by Crippen LogP contribution is -2.50. The minimum atomic E-state index is -0.0554. The molecule has 1 heterocycles. The van der Waals surface area contributed by atoms with Gasteiger partial charge in [0.2, 0.25) is 0 Å². The molecule has 1 saturated heterocycles. The Morgan fingerprint density at radius 3 is 2.86 bits per heavy atom. The Kier molecular flexibility index (Phi) is 5.92. The highest BCUT2D eigenvalue weighted by Crippen LogP contribution is 2.32. The van der Waals surface area contributed by atoms with E-state index >= 15 is 0 Å². The number of methoxy groups -OCH3 is 1. The van der Waals surface area contributed by atoms with Crippen molar-refractivity contribution in [2.24, 2.45) is 5.92 Å². The van der Waals surface area contributed by atoms with E-state index in [0.29, 0.717) is 30.6 Å². The number of rotatable bonds is 7. The molecule has 0 radical (unpaired) electrons. The quantitative estimate of drug-likeness (QED) is 0.785. The molecule has 1 aromatic carbocycles. The highest BCUT2D eigenvalue weighted by atomic mass is 16.5. The Hall–Kier alpha value is -1.91. The van der Waals surface area contributed by atoms with Crippen molar-refractivity contribution in [2.45, 2.75) is 33.1 Å². The van der Waals surface area contributed by atoms with Crippen LogP contribution in [0.3, 0.4) is 0 Å². The average molecular weight is 306 g/mol. The smallest absolute Gasteiger partial charge is 0.321 e. The SMILES string of the molecule is CCCCCOc1cc(N2CC(C)CNC2=O)ccc1OC. The van der Waals surface area contributed by atoms with Crippen LogP contribution in [0, 0.1) is 5.92 Å². The Morgan fingerprint density at radius 2 is 2.14 bits per heavy atom. The highest BCUT2D eigenvalue weighted by molar-refractivity contribution is 5.93. The maximum Gasteiger partial charge on any atom is 0.321 e. The van der Waals surface area contributed by atoms with Crippen molar-refractivity contribution in [2.75, 3.05) is 31.7 Å². The zero-order valence-electron chi connectivity index (χ0n) is 13.7. The molecule has 0 bridgehead atoms. The number of benzene rings is 1. The number of ether oxygens (including phenoxy) is 2. The van der Waals surface area contributed by atoms with Gasteiger partial charge in [-0.15, -0.1) is 0 Å². The zero-order chi connectivity index (χ0) is 15.9. The van der Waals surface area contributed by atoms with Crippen LogP contribution in [0.5, 0.6) is 11.5 Å². The first-order valence-corrected chi connectivity index (χ1v) is 8.02. The summed E-state index contributed by atoms with van der Waals surface area (Å²) in [6, 6.07) is 5.59. The van der Waals surface area contributed by atoms with Crippen LogP contribution in [0.2, 0.25) is 0 Å². The molecule has 1 aliphatic rings. The second-order valence-corrected chi connectivity index (χ2v) is 5.79. The summed E-state index contributed by atoms with van der Waals surface area (Å²) in [5.74, 6) is 1.82. The zero-order valence-corrected chi connectivity index (χ0v) is 13.7. The maximum atomic E-state index is 12.0. The second-order valence-electron chi connectivity index (χ2n) is 5.79. The van der Waals surface area contributed by atoms with Gasteiger partial charge in [0.15, 0.2) is 11.5 Å². The van der Waals surface area contributed by atoms with Crippen LogP contribution < -0.4 is 19.7 Å². The van der Waals surface area contributed by atoms with Crippen LogP contribution in [0.25, 0.3) is 0 Å². The third kappa shape index (κ3) is 4.06. The summed E-state index contributed by atoms with van der Waals surface area (Å²) >= 11 is 0. The van der Waals surface area contributed by atoms with E-state index in [1.54, 1.807) is 12.0 Å². The van der Waals surface area contributed by atoms with Crippen LogP contribution in [0.4, 0.5) is 10.5 Å². The predicted molar refractivity (Wildman–Crippen MR) is 87.9 cm³/mol. The van der Waals surface area contributed by atoms with E-state index in [1.807, 2.05) is 18.2 Å². The van der Waals surface area contributed by atoms with Gasteiger partial charge in [0, 0.05) is 24.8 Å². The van der Waals surface area contributed by atoms with Crippen molar-refractivity contribution in [3.63, 3.8) is 0 Å². The maximum absolute atomic E-state index is 12.0. The van der Waals surface area contributed by atoms with Crippen molar-refractivity contribution in [1.29, 1.82) is 0 Å². The van der Waals surface area contributed by atoms with Gasteiger partial charge in [-0.2, -0.15) is 0 Å². The molecule has 1 N–H and O–H groups in total. The van der Waals surface area contributed by atoms with Crippen molar-refractivity contribution in [1.82, 2.24) is 5.32 Å². The summed E-state index contributed by atoms with van der Waals surface area (Å²) in [5, 5.41) is 2.90. The minimum Gasteiger partial charge on any atom is -0.493 e.